The van der Waals surface area contributed by atoms with Gasteiger partial charge in [-0.1, -0.05) is 40.9 Å². The molecule has 1 aromatic heterocycles. The van der Waals surface area contributed by atoms with Crippen LogP contribution in [0.2, 0.25) is 10.0 Å². The van der Waals surface area contributed by atoms with Gasteiger partial charge in [-0.2, -0.15) is 0 Å². The van der Waals surface area contributed by atoms with Gasteiger partial charge in [0.1, 0.15) is 0 Å². The first kappa shape index (κ1) is 16.7. The van der Waals surface area contributed by atoms with Gasteiger partial charge in [-0.25, -0.2) is 4.98 Å². The topological polar surface area (TPSA) is 52.0 Å². The molecule has 2 aromatic carbocycles. The van der Waals surface area contributed by atoms with Crippen LogP contribution in [0.25, 0.3) is 10.9 Å². The van der Waals surface area contributed by atoms with Gasteiger partial charge in [0.15, 0.2) is 5.78 Å². The molecule has 6 heteroatoms. The molecule has 4 nitrogen and oxygen atoms in total. The summed E-state index contributed by atoms with van der Waals surface area (Å²) in [5, 5.41) is 0.955. The van der Waals surface area contributed by atoms with Crippen LogP contribution in [0.15, 0.2) is 41.5 Å². The molecule has 3 rings (SSSR count). The first-order valence-electron chi connectivity index (χ1n) is 7.31. The maximum atomic E-state index is 12.6. The summed E-state index contributed by atoms with van der Waals surface area (Å²) in [5.41, 5.74) is 2.50. The molecule has 3 aromatic rings. The van der Waals surface area contributed by atoms with Crippen molar-refractivity contribution in [2.24, 2.45) is 0 Å². The second-order valence-electron chi connectivity index (χ2n) is 5.70. The van der Waals surface area contributed by atoms with E-state index in [-0.39, 0.29) is 17.9 Å². The fourth-order valence-electron chi connectivity index (χ4n) is 2.58. The zero-order valence-electron chi connectivity index (χ0n) is 13.1. The number of aryl methyl sites for hydroxylation is 2. The lowest BCUT2D eigenvalue weighted by atomic mass is 10.0. The van der Waals surface area contributed by atoms with Gasteiger partial charge in [0.05, 0.1) is 28.8 Å². The van der Waals surface area contributed by atoms with Gasteiger partial charge >= 0.3 is 0 Å². The third kappa shape index (κ3) is 3.07. The SMILES string of the molecule is Cc1ccc(C)c(C(=O)Cn2cnc3c(Cl)cc(Cl)cc3c2=O)c1. The molecule has 0 saturated heterocycles. The van der Waals surface area contributed by atoms with Crippen LogP contribution < -0.4 is 5.56 Å². The van der Waals surface area contributed by atoms with Crippen molar-refractivity contribution in [3.63, 3.8) is 0 Å². The zero-order valence-corrected chi connectivity index (χ0v) is 14.6. The van der Waals surface area contributed by atoms with Crippen molar-refractivity contribution in [2.75, 3.05) is 0 Å². The Morgan fingerprint density at radius 2 is 1.92 bits per heavy atom. The second kappa shape index (κ2) is 6.38. The molecule has 24 heavy (non-hydrogen) atoms. The van der Waals surface area contributed by atoms with Crippen molar-refractivity contribution in [3.8, 4) is 0 Å². The van der Waals surface area contributed by atoms with Crippen LogP contribution in [0.1, 0.15) is 21.5 Å². The highest BCUT2D eigenvalue weighted by Crippen LogP contribution is 2.24. The van der Waals surface area contributed by atoms with E-state index in [2.05, 4.69) is 4.98 Å². The van der Waals surface area contributed by atoms with E-state index in [4.69, 9.17) is 23.2 Å². The number of carbonyl (C=O) groups is 1. The molecule has 0 aliphatic rings. The normalized spacial score (nSPS) is 11.0. The summed E-state index contributed by atoms with van der Waals surface area (Å²) >= 11 is 12.0. The number of hydrogen-bond donors (Lipinski definition) is 0. The average molecular weight is 361 g/mol. The third-order valence-corrected chi connectivity index (χ3v) is 4.36. The number of carbonyl (C=O) groups excluding carboxylic acids is 1. The molecule has 1 heterocycles. The molecule has 122 valence electrons. The van der Waals surface area contributed by atoms with Crippen LogP contribution in [0.5, 0.6) is 0 Å². The number of Topliss-reactive ketones (excluding diaryl/α,β-unsaturated/α-hetero) is 1. The minimum absolute atomic E-state index is 0.0871. The van der Waals surface area contributed by atoms with E-state index in [0.717, 1.165) is 11.1 Å². The molecule has 0 saturated carbocycles. The Labute approximate surface area is 148 Å². The summed E-state index contributed by atoms with van der Waals surface area (Å²) in [6.45, 7) is 3.70. The Hall–Kier alpha value is -2.17. The lowest BCUT2D eigenvalue weighted by molar-refractivity contribution is 0.0970. The van der Waals surface area contributed by atoms with Gasteiger partial charge in [-0.3, -0.25) is 14.2 Å². The summed E-state index contributed by atoms with van der Waals surface area (Å²) in [6.07, 6.45) is 1.34. The van der Waals surface area contributed by atoms with Gasteiger partial charge in [0.2, 0.25) is 0 Å². The average Bonchev–Trinajstić information content (AvgIpc) is 2.52. The lowest BCUT2D eigenvalue weighted by Gasteiger charge is -2.09. The van der Waals surface area contributed by atoms with E-state index in [0.29, 0.717) is 26.5 Å². The van der Waals surface area contributed by atoms with Crippen molar-refractivity contribution < 1.29 is 4.79 Å². The Morgan fingerprint density at radius 3 is 2.67 bits per heavy atom. The maximum Gasteiger partial charge on any atom is 0.261 e. The number of halogens is 2. The predicted octanol–water partition coefficient (Wildman–Crippen LogP) is 4.20. The Balaban J connectivity index is 2.04. The van der Waals surface area contributed by atoms with Crippen molar-refractivity contribution in [2.45, 2.75) is 20.4 Å². The number of aromatic nitrogens is 2. The highest BCUT2D eigenvalue weighted by atomic mass is 35.5. The van der Waals surface area contributed by atoms with Gasteiger partial charge in [0, 0.05) is 10.6 Å². The molecule has 0 aliphatic carbocycles. The van der Waals surface area contributed by atoms with E-state index >= 15 is 0 Å². The Morgan fingerprint density at radius 1 is 1.17 bits per heavy atom. The monoisotopic (exact) mass is 360 g/mol. The summed E-state index contributed by atoms with van der Waals surface area (Å²) in [4.78, 5) is 29.4. The number of fused-ring (bicyclic) bond motifs is 1. The maximum absolute atomic E-state index is 12.6. The van der Waals surface area contributed by atoms with Crippen molar-refractivity contribution in [1.82, 2.24) is 9.55 Å². The number of nitrogens with zero attached hydrogens (tertiary/aromatic N) is 2. The summed E-state index contributed by atoms with van der Waals surface area (Å²) < 4.78 is 1.28. The smallest absolute Gasteiger partial charge is 0.261 e. The quantitative estimate of drug-likeness (QED) is 0.657. The first-order valence-corrected chi connectivity index (χ1v) is 8.07. The highest BCUT2D eigenvalue weighted by Gasteiger charge is 2.14. The molecule has 0 unspecified atom stereocenters. The molecule has 0 fully saturated rings. The zero-order chi connectivity index (χ0) is 17.4. The van der Waals surface area contributed by atoms with Gasteiger partial charge in [0.25, 0.3) is 5.56 Å². The Kier molecular flexibility index (Phi) is 4.43. The lowest BCUT2D eigenvalue weighted by Crippen LogP contribution is -2.25. The fourth-order valence-corrected chi connectivity index (χ4v) is 3.13. The van der Waals surface area contributed by atoms with Crippen LogP contribution in [-0.2, 0) is 6.54 Å². The van der Waals surface area contributed by atoms with Gasteiger partial charge < -0.3 is 0 Å². The van der Waals surface area contributed by atoms with E-state index in [9.17, 15) is 9.59 Å². The van der Waals surface area contributed by atoms with E-state index in [1.807, 2.05) is 32.0 Å². The number of ketones is 1. The van der Waals surface area contributed by atoms with Crippen molar-refractivity contribution in [3.05, 3.63) is 73.7 Å². The molecule has 0 radical (unpaired) electrons. The van der Waals surface area contributed by atoms with Crippen molar-refractivity contribution >= 4 is 39.9 Å². The number of benzene rings is 2. The minimum Gasteiger partial charge on any atom is -0.292 e. The second-order valence-corrected chi connectivity index (χ2v) is 6.55. The highest BCUT2D eigenvalue weighted by molar-refractivity contribution is 6.38. The fraction of sp³-hybridized carbons (Fsp3) is 0.167. The molecule has 0 atom stereocenters. The van der Waals surface area contributed by atoms with E-state index in [1.165, 1.54) is 23.0 Å². The minimum atomic E-state index is -0.344. The molecule has 0 bridgehead atoms. The first-order chi connectivity index (χ1) is 11.4. The van der Waals surface area contributed by atoms with Crippen molar-refractivity contribution in [1.29, 1.82) is 0 Å². The molecule has 0 amide bonds. The van der Waals surface area contributed by atoms with Crippen LogP contribution in [0, 0.1) is 13.8 Å². The summed E-state index contributed by atoms with van der Waals surface area (Å²) in [6, 6.07) is 8.70. The number of hydrogen-bond acceptors (Lipinski definition) is 3. The molecule has 0 spiro atoms. The van der Waals surface area contributed by atoms with Crippen LogP contribution in [0.4, 0.5) is 0 Å². The summed E-state index contributed by atoms with van der Waals surface area (Å²) in [5.74, 6) is -0.146. The molecule has 0 aliphatic heterocycles. The standard InChI is InChI=1S/C18H14Cl2N2O2/c1-10-3-4-11(2)13(5-10)16(23)8-22-9-21-17-14(18(22)24)6-12(19)7-15(17)20/h3-7,9H,8H2,1-2H3. The largest absolute Gasteiger partial charge is 0.292 e. The van der Waals surface area contributed by atoms with Crippen LogP contribution in [-0.4, -0.2) is 15.3 Å². The predicted molar refractivity (Wildman–Crippen MR) is 96.3 cm³/mol. The number of rotatable bonds is 3. The Bertz CT molecular complexity index is 1030. The van der Waals surface area contributed by atoms with E-state index in [1.54, 1.807) is 0 Å². The third-order valence-electron chi connectivity index (χ3n) is 3.85. The van der Waals surface area contributed by atoms with E-state index < -0.39 is 0 Å². The van der Waals surface area contributed by atoms with Gasteiger partial charge in [-0.05, 0) is 37.6 Å². The molecular weight excluding hydrogens is 347 g/mol. The van der Waals surface area contributed by atoms with Crippen LogP contribution >= 0.6 is 23.2 Å². The van der Waals surface area contributed by atoms with Gasteiger partial charge in [-0.15, -0.1) is 0 Å². The van der Waals surface area contributed by atoms with Crippen LogP contribution in [0.3, 0.4) is 0 Å². The molecule has 0 N–H and O–H groups in total. The summed E-state index contributed by atoms with van der Waals surface area (Å²) in [7, 11) is 0. The molecular formula is C18H14Cl2N2O2.